The highest BCUT2D eigenvalue weighted by molar-refractivity contribution is 8.14. The second-order valence-corrected chi connectivity index (χ2v) is 15.2. The highest BCUT2D eigenvalue weighted by Crippen LogP contribution is 2.49. The van der Waals surface area contributed by atoms with Crippen LogP contribution in [-0.4, -0.2) is 53.6 Å². The first-order valence-corrected chi connectivity index (χ1v) is 20.4. The number of carbonyl (C=O) groups is 4. The molecule has 1 aromatic heterocycles. The molecule has 0 saturated heterocycles. The number of rotatable bonds is 24. The van der Waals surface area contributed by atoms with Crippen LogP contribution < -0.4 is 19.5 Å². The van der Waals surface area contributed by atoms with E-state index in [4.69, 9.17) is 14.2 Å². The molecule has 0 radical (unpaired) electrons. The summed E-state index contributed by atoms with van der Waals surface area (Å²) in [6.07, 6.45) is 10.7. The van der Waals surface area contributed by atoms with Gasteiger partial charge in [0.1, 0.15) is 11.6 Å². The lowest BCUT2D eigenvalue weighted by atomic mass is 9.88. The van der Waals surface area contributed by atoms with Gasteiger partial charge in [-0.25, -0.2) is 8.78 Å². The molecule has 1 aliphatic carbocycles. The molecule has 1 N–H and O–H groups in total. The normalized spacial score (nSPS) is 12.9. The first-order valence-electron chi connectivity index (χ1n) is 19.4. The van der Waals surface area contributed by atoms with Gasteiger partial charge in [0, 0.05) is 43.5 Å². The SMILES string of the molecule is CCCCCCCC(=O)SCC(=O)NCCCCCOc1cc2nccc(Oc3ccc(CC(=O)C4(C(=O)Cc5ccc(F)cc5)CC4)cc3F)c2cc1OC. The summed E-state index contributed by atoms with van der Waals surface area (Å²) >= 11 is 1.09. The highest BCUT2D eigenvalue weighted by Gasteiger charge is 2.54. The zero-order valence-corrected chi connectivity index (χ0v) is 33.0. The van der Waals surface area contributed by atoms with E-state index in [0.29, 0.717) is 71.7 Å². The van der Waals surface area contributed by atoms with Crippen molar-refractivity contribution in [3.63, 3.8) is 0 Å². The molecular formula is C44H50F2N2O7S. The quantitative estimate of drug-likeness (QED) is 0.0547. The number of carbonyl (C=O) groups excluding carboxylic acids is 4. The zero-order chi connectivity index (χ0) is 39.9. The van der Waals surface area contributed by atoms with E-state index in [-0.39, 0.29) is 46.9 Å². The number of thioether (sulfide) groups is 1. The summed E-state index contributed by atoms with van der Waals surface area (Å²) in [5, 5.41) is 3.52. The number of hydrogen-bond acceptors (Lipinski definition) is 9. The van der Waals surface area contributed by atoms with Crippen LogP contribution in [0.3, 0.4) is 0 Å². The van der Waals surface area contributed by atoms with Gasteiger partial charge in [-0.1, -0.05) is 62.6 Å². The summed E-state index contributed by atoms with van der Waals surface area (Å²) in [7, 11) is 1.52. The Bertz CT molecular complexity index is 1980. The Labute approximate surface area is 331 Å². The minimum Gasteiger partial charge on any atom is -0.493 e. The predicted molar refractivity (Wildman–Crippen MR) is 213 cm³/mol. The molecule has 1 amide bonds. The summed E-state index contributed by atoms with van der Waals surface area (Å²) in [6.45, 7) is 3.10. The second-order valence-electron chi connectivity index (χ2n) is 14.2. The van der Waals surface area contributed by atoms with E-state index in [0.717, 1.165) is 50.3 Å². The van der Waals surface area contributed by atoms with Crippen molar-refractivity contribution in [2.45, 2.75) is 90.4 Å². The minimum atomic E-state index is -1.08. The topological polar surface area (TPSA) is 121 Å². The number of nitrogens with one attached hydrogen (secondary N) is 1. The third kappa shape index (κ3) is 12.1. The molecule has 1 fully saturated rings. The Morgan fingerprint density at radius 3 is 2.21 bits per heavy atom. The number of ketones is 2. The molecule has 4 aromatic rings. The molecule has 9 nitrogen and oxygen atoms in total. The summed E-state index contributed by atoms with van der Waals surface area (Å²) in [5.74, 6) is -0.249. The van der Waals surface area contributed by atoms with Crippen LogP contribution in [-0.2, 0) is 32.0 Å². The van der Waals surface area contributed by atoms with Gasteiger partial charge in [0.25, 0.3) is 0 Å². The van der Waals surface area contributed by atoms with Crippen molar-refractivity contribution in [3.05, 3.63) is 89.6 Å². The monoisotopic (exact) mass is 788 g/mol. The van der Waals surface area contributed by atoms with Crippen molar-refractivity contribution < 1.29 is 42.2 Å². The van der Waals surface area contributed by atoms with Crippen molar-refractivity contribution in [1.82, 2.24) is 10.3 Å². The van der Waals surface area contributed by atoms with E-state index in [1.807, 2.05) is 0 Å². The lowest BCUT2D eigenvalue weighted by Gasteiger charge is -2.15. The number of fused-ring (bicyclic) bond motifs is 1. The molecule has 1 aliphatic rings. The number of methoxy groups -OCH3 is 1. The lowest BCUT2D eigenvalue weighted by Crippen LogP contribution is -2.28. The van der Waals surface area contributed by atoms with Gasteiger partial charge < -0.3 is 19.5 Å². The number of Topliss-reactive ketones (excluding diaryl/α,β-unsaturated/α-hetero) is 2. The number of ether oxygens (including phenoxy) is 3. The number of pyridine rings is 1. The molecule has 0 bridgehead atoms. The van der Waals surface area contributed by atoms with E-state index in [1.165, 1.54) is 56.3 Å². The molecule has 298 valence electrons. The van der Waals surface area contributed by atoms with Crippen molar-refractivity contribution in [2.75, 3.05) is 26.0 Å². The maximum Gasteiger partial charge on any atom is 0.230 e. The van der Waals surface area contributed by atoms with Crippen LogP contribution in [0.2, 0.25) is 0 Å². The minimum absolute atomic E-state index is 0.0403. The number of nitrogens with zero attached hydrogens (tertiary/aromatic N) is 1. The van der Waals surface area contributed by atoms with Crippen LogP contribution in [0.25, 0.3) is 10.9 Å². The first kappa shape index (κ1) is 42.3. The van der Waals surface area contributed by atoms with Crippen LogP contribution in [0.15, 0.2) is 66.9 Å². The highest BCUT2D eigenvalue weighted by atomic mass is 32.2. The Morgan fingerprint density at radius 2 is 1.50 bits per heavy atom. The van der Waals surface area contributed by atoms with Gasteiger partial charge in [0.15, 0.2) is 39.7 Å². The van der Waals surface area contributed by atoms with Crippen molar-refractivity contribution in [2.24, 2.45) is 5.41 Å². The third-order valence-corrected chi connectivity index (χ3v) is 10.8. The van der Waals surface area contributed by atoms with Gasteiger partial charge in [0.05, 0.1) is 30.4 Å². The average molecular weight is 789 g/mol. The number of halogens is 2. The molecule has 56 heavy (non-hydrogen) atoms. The third-order valence-electron chi connectivity index (χ3n) is 9.91. The van der Waals surface area contributed by atoms with Crippen molar-refractivity contribution >= 4 is 45.3 Å². The van der Waals surface area contributed by atoms with Crippen LogP contribution in [0.1, 0.15) is 88.7 Å². The average Bonchev–Trinajstić information content (AvgIpc) is 4.01. The van der Waals surface area contributed by atoms with Gasteiger partial charge in [0.2, 0.25) is 5.91 Å². The smallest absolute Gasteiger partial charge is 0.230 e. The summed E-state index contributed by atoms with van der Waals surface area (Å²) in [5.41, 5.74) is 0.548. The fraction of sp³-hybridized carbons (Fsp3) is 0.432. The number of hydrogen-bond donors (Lipinski definition) is 1. The Hall–Kier alpha value is -4.84. The maximum absolute atomic E-state index is 15.4. The molecule has 0 unspecified atom stereocenters. The van der Waals surface area contributed by atoms with Gasteiger partial charge in [-0.05, 0) is 86.1 Å². The Kier molecular flexibility index (Phi) is 15.8. The number of amides is 1. The van der Waals surface area contributed by atoms with E-state index >= 15 is 4.39 Å². The van der Waals surface area contributed by atoms with Crippen LogP contribution in [0, 0.1) is 17.0 Å². The van der Waals surface area contributed by atoms with Crippen LogP contribution >= 0.6 is 11.8 Å². The number of unbranched alkanes of at least 4 members (excludes halogenated alkanes) is 6. The van der Waals surface area contributed by atoms with Gasteiger partial charge in [-0.2, -0.15) is 0 Å². The van der Waals surface area contributed by atoms with E-state index in [9.17, 15) is 23.6 Å². The fourth-order valence-electron chi connectivity index (χ4n) is 6.45. The van der Waals surface area contributed by atoms with Crippen molar-refractivity contribution in [3.8, 4) is 23.0 Å². The van der Waals surface area contributed by atoms with E-state index in [2.05, 4.69) is 17.2 Å². The van der Waals surface area contributed by atoms with Crippen LogP contribution in [0.5, 0.6) is 23.0 Å². The van der Waals surface area contributed by atoms with Gasteiger partial charge >= 0.3 is 0 Å². The van der Waals surface area contributed by atoms with Crippen LogP contribution in [0.4, 0.5) is 8.78 Å². The summed E-state index contributed by atoms with van der Waals surface area (Å²) < 4.78 is 46.3. The number of aromatic nitrogens is 1. The molecule has 0 spiro atoms. The predicted octanol–water partition coefficient (Wildman–Crippen LogP) is 9.30. The largest absolute Gasteiger partial charge is 0.493 e. The molecule has 0 atom stereocenters. The molecule has 0 aliphatic heterocycles. The second kappa shape index (κ2) is 20.9. The summed E-state index contributed by atoms with van der Waals surface area (Å²) in [6, 6.07) is 15.0. The molecular weight excluding hydrogens is 739 g/mol. The fourth-order valence-corrected chi connectivity index (χ4v) is 7.13. The molecule has 1 saturated carbocycles. The molecule has 3 aromatic carbocycles. The zero-order valence-electron chi connectivity index (χ0n) is 32.1. The summed E-state index contributed by atoms with van der Waals surface area (Å²) in [4.78, 5) is 54.9. The maximum atomic E-state index is 15.4. The molecule has 12 heteroatoms. The van der Waals surface area contributed by atoms with Gasteiger partial charge in [-0.3, -0.25) is 24.2 Å². The van der Waals surface area contributed by atoms with Gasteiger partial charge in [-0.15, -0.1) is 0 Å². The van der Waals surface area contributed by atoms with E-state index in [1.54, 1.807) is 30.5 Å². The standard InChI is InChI=1S/C44H50F2N2O7S/c1-3-4-5-6-8-11-43(52)56-29-42(51)48-21-9-7-10-23-54-39-28-35-33(27-38(39)53-2)36(18-22-47-35)55-37-17-14-31(24-34(37)46)26-41(50)44(19-20-44)40(49)25-30-12-15-32(45)16-13-30/h12-18,22,24,27-28H,3-11,19-21,23,25-26,29H2,1-2H3,(H,48,51). The van der Waals surface area contributed by atoms with E-state index < -0.39 is 17.0 Å². The molecule has 5 rings (SSSR count). The molecule has 1 heterocycles. The Morgan fingerprint density at radius 1 is 0.786 bits per heavy atom. The van der Waals surface area contributed by atoms with Crippen molar-refractivity contribution in [1.29, 1.82) is 0 Å². The first-order chi connectivity index (χ1) is 27.1. The number of benzene rings is 3. The lowest BCUT2D eigenvalue weighted by molar-refractivity contribution is -0.134. The Balaban J connectivity index is 1.07.